The predicted octanol–water partition coefficient (Wildman–Crippen LogP) is -1.37. The van der Waals surface area contributed by atoms with Crippen LogP contribution < -0.4 is 34.3 Å². The summed E-state index contributed by atoms with van der Waals surface area (Å²) in [6.45, 7) is 0. The normalized spacial score (nSPS) is 11.8. The van der Waals surface area contributed by atoms with Crippen LogP contribution in [-0.2, 0) is 16.5 Å². The zero-order valence-corrected chi connectivity index (χ0v) is 11.8. The van der Waals surface area contributed by atoms with Crippen molar-refractivity contribution in [3.8, 4) is 0 Å². The summed E-state index contributed by atoms with van der Waals surface area (Å²) in [5.41, 5.74) is -1.21. The molecule has 0 amide bonds. The molecule has 1 aromatic rings. The Morgan fingerprint density at radius 1 is 1.35 bits per heavy atom. The SMILES string of the molecule is O=S(=O)([O-])Nc1cc(C(F)(F)F)cc(Cl)n1.[Na+]. The van der Waals surface area contributed by atoms with Crippen molar-refractivity contribution in [3.63, 3.8) is 0 Å². The quantitative estimate of drug-likeness (QED) is 0.415. The first-order chi connectivity index (χ1) is 7.08. The van der Waals surface area contributed by atoms with Gasteiger partial charge in [-0.1, -0.05) is 11.6 Å². The average molecular weight is 299 g/mol. The van der Waals surface area contributed by atoms with Crippen LogP contribution in [0.1, 0.15) is 5.56 Å². The number of hydrogen-bond donors (Lipinski definition) is 1. The Labute approximate surface area is 122 Å². The molecule has 0 aromatic carbocycles. The average Bonchev–Trinajstić information content (AvgIpc) is 1.97. The number of halogens is 4. The molecule has 1 rings (SSSR count). The third kappa shape index (κ3) is 5.89. The number of rotatable bonds is 2. The second-order valence-corrected chi connectivity index (χ2v) is 4.12. The fourth-order valence-corrected chi connectivity index (χ4v) is 1.41. The molecule has 0 bridgehead atoms. The molecule has 90 valence electrons. The number of nitrogens with zero attached hydrogens (tertiary/aromatic N) is 1. The minimum atomic E-state index is -4.94. The topological polar surface area (TPSA) is 82.1 Å². The van der Waals surface area contributed by atoms with Crippen LogP contribution in [0.15, 0.2) is 12.1 Å². The van der Waals surface area contributed by atoms with Gasteiger partial charge in [-0.15, -0.1) is 0 Å². The minimum absolute atomic E-state index is 0. The Morgan fingerprint density at radius 3 is 2.29 bits per heavy atom. The van der Waals surface area contributed by atoms with Crippen LogP contribution in [0.2, 0.25) is 5.15 Å². The van der Waals surface area contributed by atoms with E-state index < -0.39 is 33.0 Å². The summed E-state index contributed by atoms with van der Waals surface area (Å²) in [5.74, 6) is -0.783. The molecule has 0 radical (unpaired) electrons. The van der Waals surface area contributed by atoms with Crippen LogP contribution in [0.5, 0.6) is 0 Å². The fourth-order valence-electron chi connectivity index (χ4n) is 0.841. The van der Waals surface area contributed by atoms with Gasteiger partial charge in [0.25, 0.3) is 0 Å². The van der Waals surface area contributed by atoms with Crippen LogP contribution >= 0.6 is 11.6 Å². The van der Waals surface area contributed by atoms with E-state index >= 15 is 0 Å². The van der Waals surface area contributed by atoms with Gasteiger partial charge < -0.3 is 4.55 Å². The number of hydrogen-bond acceptors (Lipinski definition) is 4. The number of alkyl halides is 3. The van der Waals surface area contributed by atoms with Crippen molar-refractivity contribution in [2.45, 2.75) is 6.18 Å². The summed E-state index contributed by atoms with van der Waals surface area (Å²) >= 11 is 5.24. The van der Waals surface area contributed by atoms with Crippen molar-refractivity contribution < 1.29 is 55.7 Å². The summed E-state index contributed by atoms with van der Waals surface area (Å²) in [5, 5.41) is -0.582. The van der Waals surface area contributed by atoms with E-state index in [0.717, 1.165) is 0 Å². The molecular weight excluding hydrogens is 296 g/mol. The minimum Gasteiger partial charge on any atom is -0.731 e. The molecule has 0 aliphatic carbocycles. The maximum Gasteiger partial charge on any atom is 1.00 e. The van der Waals surface area contributed by atoms with Gasteiger partial charge in [0.15, 0.2) is 10.3 Å². The van der Waals surface area contributed by atoms with Crippen LogP contribution in [-0.4, -0.2) is 18.0 Å². The van der Waals surface area contributed by atoms with Crippen LogP contribution in [0.4, 0.5) is 19.0 Å². The van der Waals surface area contributed by atoms with Crippen LogP contribution in [0, 0.1) is 0 Å². The predicted molar refractivity (Wildman–Crippen MR) is 47.6 cm³/mol. The van der Waals surface area contributed by atoms with E-state index in [0.29, 0.717) is 12.1 Å². The summed E-state index contributed by atoms with van der Waals surface area (Å²) < 4.78 is 68.7. The molecule has 0 saturated heterocycles. The van der Waals surface area contributed by atoms with Gasteiger partial charge in [0.2, 0.25) is 0 Å². The van der Waals surface area contributed by atoms with E-state index in [1.807, 2.05) is 0 Å². The van der Waals surface area contributed by atoms with Gasteiger partial charge >= 0.3 is 35.7 Å². The van der Waals surface area contributed by atoms with E-state index in [2.05, 4.69) is 4.98 Å². The Hall–Kier alpha value is -0.0600. The molecule has 0 aliphatic heterocycles. The Bertz CT molecular complexity index is 508. The zero-order valence-electron chi connectivity index (χ0n) is 8.25. The van der Waals surface area contributed by atoms with Crippen LogP contribution in [0.3, 0.4) is 0 Å². The summed E-state index contributed by atoms with van der Waals surface area (Å²) in [6.07, 6.45) is -4.71. The molecule has 0 fully saturated rings. The summed E-state index contributed by atoms with van der Waals surface area (Å²) in [6, 6.07) is 0.867. The number of anilines is 1. The third-order valence-corrected chi connectivity index (χ3v) is 2.00. The van der Waals surface area contributed by atoms with Crippen LogP contribution in [0.25, 0.3) is 0 Å². The van der Waals surface area contributed by atoms with Gasteiger partial charge in [-0.3, -0.25) is 4.72 Å². The first kappa shape index (κ1) is 16.9. The molecule has 17 heavy (non-hydrogen) atoms. The molecule has 0 unspecified atom stereocenters. The standard InChI is InChI=1S/C6H4ClF3N2O3S.Na/c7-4-1-3(6(8,9)10)2-5(11-4)12-16(13,14)15;/h1-2H,(H,11,12)(H,13,14,15);/q;+1/p-1. The third-order valence-electron chi connectivity index (χ3n) is 1.35. The monoisotopic (exact) mass is 298 g/mol. The van der Waals surface area contributed by atoms with E-state index in [1.165, 1.54) is 4.72 Å². The molecular formula is C6H3ClF3N2NaO3S. The first-order valence-corrected chi connectivity index (χ1v) is 5.35. The maximum absolute atomic E-state index is 12.2. The van der Waals surface area contributed by atoms with Crippen molar-refractivity contribution in [2.75, 3.05) is 4.72 Å². The van der Waals surface area contributed by atoms with Crippen molar-refractivity contribution in [2.24, 2.45) is 0 Å². The summed E-state index contributed by atoms with van der Waals surface area (Å²) in [7, 11) is -4.94. The Morgan fingerprint density at radius 2 is 1.88 bits per heavy atom. The Balaban J connectivity index is 0.00000256. The zero-order chi connectivity index (χ0) is 12.6. The van der Waals surface area contributed by atoms with Gasteiger partial charge in [-0.2, -0.15) is 13.2 Å². The molecule has 5 nitrogen and oxygen atoms in total. The number of aromatic nitrogens is 1. The molecule has 11 heteroatoms. The number of nitrogens with one attached hydrogen (secondary N) is 1. The van der Waals surface area contributed by atoms with Gasteiger partial charge in [-0.25, -0.2) is 13.4 Å². The van der Waals surface area contributed by atoms with Crippen molar-refractivity contribution in [3.05, 3.63) is 22.8 Å². The van der Waals surface area contributed by atoms with Crippen molar-refractivity contribution in [1.29, 1.82) is 0 Å². The van der Waals surface area contributed by atoms with Gasteiger partial charge in [0, 0.05) is 0 Å². The van der Waals surface area contributed by atoms with E-state index in [9.17, 15) is 26.1 Å². The van der Waals surface area contributed by atoms with Crippen molar-refractivity contribution in [1.82, 2.24) is 4.98 Å². The second-order valence-electron chi connectivity index (χ2n) is 2.62. The molecule has 0 atom stereocenters. The van der Waals surface area contributed by atoms with Gasteiger partial charge in [0.05, 0.1) is 5.56 Å². The fraction of sp³-hybridized carbons (Fsp3) is 0.167. The van der Waals surface area contributed by atoms with E-state index in [-0.39, 0.29) is 29.6 Å². The second kappa shape index (κ2) is 5.72. The number of pyridine rings is 1. The molecule has 1 N–H and O–H groups in total. The smallest absolute Gasteiger partial charge is 0.731 e. The van der Waals surface area contributed by atoms with Gasteiger partial charge in [-0.05, 0) is 12.1 Å². The molecule has 0 spiro atoms. The van der Waals surface area contributed by atoms with Crippen molar-refractivity contribution >= 4 is 27.7 Å². The molecule has 0 saturated carbocycles. The maximum atomic E-state index is 12.2. The first-order valence-electron chi connectivity index (χ1n) is 3.56. The summed E-state index contributed by atoms with van der Waals surface area (Å²) in [4.78, 5) is 3.21. The van der Waals surface area contributed by atoms with Gasteiger partial charge in [0.1, 0.15) is 11.0 Å². The van der Waals surface area contributed by atoms with E-state index in [4.69, 9.17) is 11.6 Å². The van der Waals surface area contributed by atoms with E-state index in [1.54, 1.807) is 0 Å². The molecule has 1 heterocycles. The largest absolute Gasteiger partial charge is 1.00 e. The Kier molecular flexibility index (Phi) is 5.70. The molecule has 0 aliphatic rings. The molecule has 1 aromatic heterocycles.